The minimum Gasteiger partial charge on any atom is -0.493 e. The molecule has 6 nitrogen and oxygen atoms in total. The highest BCUT2D eigenvalue weighted by molar-refractivity contribution is 5.75. The Balaban J connectivity index is 1.28. The van der Waals surface area contributed by atoms with E-state index >= 15 is 0 Å². The number of carbonyl (C=O) groups is 2. The Morgan fingerprint density at radius 3 is 1.34 bits per heavy atom. The Morgan fingerprint density at radius 1 is 0.684 bits per heavy atom. The third-order valence-corrected chi connectivity index (χ3v) is 7.54. The van der Waals surface area contributed by atoms with Gasteiger partial charge in [-0.2, -0.15) is 0 Å². The van der Waals surface area contributed by atoms with Crippen molar-refractivity contribution >= 4 is 11.9 Å². The van der Waals surface area contributed by atoms with Crippen LogP contribution in [-0.2, 0) is 19.1 Å². The molecule has 0 aliphatic heterocycles. The monoisotopic (exact) mass is 538 g/mol. The van der Waals surface area contributed by atoms with Gasteiger partial charge in [-0.15, -0.1) is 0 Å². The maximum absolute atomic E-state index is 13.7. The number of rotatable bonds is 14. The number of alkyl halides is 2. The summed E-state index contributed by atoms with van der Waals surface area (Å²) in [6.07, 6.45) is 4.78. The normalized spacial score (nSPS) is 25.2. The fourth-order valence-electron chi connectivity index (χ4n) is 5.11. The zero-order chi connectivity index (χ0) is 27.3. The molecule has 0 unspecified atom stereocenters. The molecule has 2 atom stereocenters. The van der Waals surface area contributed by atoms with Crippen molar-refractivity contribution in [3.05, 3.63) is 24.3 Å². The average molecular weight is 539 g/mol. The van der Waals surface area contributed by atoms with E-state index in [9.17, 15) is 18.4 Å². The minimum absolute atomic E-state index is 0.191. The van der Waals surface area contributed by atoms with Crippen molar-refractivity contribution in [2.24, 2.45) is 11.8 Å². The van der Waals surface area contributed by atoms with Crippen LogP contribution in [0.2, 0.25) is 0 Å². The van der Waals surface area contributed by atoms with Gasteiger partial charge >= 0.3 is 11.9 Å². The van der Waals surface area contributed by atoms with Crippen LogP contribution in [0.1, 0.15) is 90.9 Å². The van der Waals surface area contributed by atoms with Gasteiger partial charge in [0.1, 0.15) is 23.7 Å². The number of carbonyl (C=O) groups excluding carboxylic acids is 2. The van der Waals surface area contributed by atoms with Crippen molar-refractivity contribution in [1.29, 1.82) is 0 Å². The summed E-state index contributed by atoms with van der Waals surface area (Å²) in [5, 5.41) is 0. The quantitative estimate of drug-likeness (QED) is 0.239. The van der Waals surface area contributed by atoms with Crippen molar-refractivity contribution in [2.75, 3.05) is 13.2 Å². The number of benzene rings is 1. The number of halogens is 2. The first-order valence-electron chi connectivity index (χ1n) is 14.4. The van der Waals surface area contributed by atoms with Crippen LogP contribution in [0.15, 0.2) is 24.3 Å². The van der Waals surface area contributed by atoms with Crippen LogP contribution in [-0.4, -0.2) is 49.7 Å². The van der Waals surface area contributed by atoms with Gasteiger partial charge in [0.2, 0.25) is 0 Å². The highest BCUT2D eigenvalue weighted by atomic mass is 19.1. The molecule has 0 spiro atoms. The summed E-state index contributed by atoms with van der Waals surface area (Å²) in [6, 6.07) is 7.60. The van der Waals surface area contributed by atoms with Crippen molar-refractivity contribution < 1.29 is 37.3 Å². The Labute approximate surface area is 225 Å². The topological polar surface area (TPSA) is 71.1 Å². The molecule has 0 bridgehead atoms. The minimum atomic E-state index is -1.51. The molecular weight excluding hydrogens is 494 g/mol. The molecule has 2 aliphatic carbocycles. The third kappa shape index (κ3) is 10.1. The van der Waals surface area contributed by atoms with Gasteiger partial charge in [-0.1, -0.05) is 26.7 Å². The Hall–Kier alpha value is -2.38. The SMILES string of the molecule is CCC[C@H](F)C(=O)O[C@H]1CC[C@H](COc2ccc(OC[C@H]3CC[C@H](OC(=O)[C@@H](F)CCC)CC3)cc2)CC1. The summed E-state index contributed by atoms with van der Waals surface area (Å²) in [5.41, 5.74) is 0. The number of hydrogen-bond acceptors (Lipinski definition) is 6. The van der Waals surface area contributed by atoms with Crippen molar-refractivity contribution in [1.82, 2.24) is 0 Å². The van der Waals surface area contributed by atoms with Crippen molar-refractivity contribution in [3.8, 4) is 11.5 Å². The smallest absolute Gasteiger partial charge is 0.340 e. The second-order valence-electron chi connectivity index (χ2n) is 10.8. The van der Waals surface area contributed by atoms with E-state index in [-0.39, 0.29) is 25.0 Å². The summed E-state index contributed by atoms with van der Waals surface area (Å²) >= 11 is 0. The van der Waals surface area contributed by atoms with E-state index in [0.717, 1.165) is 62.9 Å². The molecule has 0 radical (unpaired) electrons. The lowest BCUT2D eigenvalue weighted by Gasteiger charge is -2.29. The summed E-state index contributed by atoms with van der Waals surface area (Å²) in [5.74, 6) is 0.885. The molecule has 1 aromatic rings. The van der Waals surface area contributed by atoms with Gasteiger partial charge in [0.15, 0.2) is 12.3 Å². The molecule has 0 heterocycles. The van der Waals surface area contributed by atoms with Gasteiger partial charge in [0, 0.05) is 0 Å². The molecule has 1 aromatic carbocycles. The average Bonchev–Trinajstić information content (AvgIpc) is 2.93. The van der Waals surface area contributed by atoms with E-state index in [0.29, 0.717) is 37.9 Å². The van der Waals surface area contributed by atoms with E-state index < -0.39 is 24.3 Å². The van der Waals surface area contributed by atoms with Crippen LogP contribution < -0.4 is 9.47 Å². The first kappa shape index (κ1) is 30.2. The van der Waals surface area contributed by atoms with Crippen LogP contribution in [0.5, 0.6) is 11.5 Å². The molecular formula is C30H44F2O6. The summed E-state index contributed by atoms with van der Waals surface area (Å²) in [4.78, 5) is 23.6. The molecule has 3 rings (SSSR count). The first-order valence-corrected chi connectivity index (χ1v) is 14.4. The molecule has 0 N–H and O–H groups in total. The van der Waals surface area contributed by atoms with Crippen LogP contribution in [0.4, 0.5) is 8.78 Å². The second-order valence-corrected chi connectivity index (χ2v) is 10.8. The second kappa shape index (κ2) is 15.9. The highest BCUT2D eigenvalue weighted by Gasteiger charge is 2.28. The molecule has 38 heavy (non-hydrogen) atoms. The van der Waals surface area contributed by atoms with E-state index in [1.807, 2.05) is 38.1 Å². The number of ether oxygens (including phenoxy) is 4. The zero-order valence-corrected chi connectivity index (χ0v) is 22.9. The molecule has 0 aromatic heterocycles. The lowest BCUT2D eigenvalue weighted by Crippen LogP contribution is -2.30. The highest BCUT2D eigenvalue weighted by Crippen LogP contribution is 2.30. The van der Waals surface area contributed by atoms with Gasteiger partial charge in [0.25, 0.3) is 0 Å². The zero-order valence-electron chi connectivity index (χ0n) is 22.9. The Kier molecular flexibility index (Phi) is 12.6. The fraction of sp³-hybridized carbons (Fsp3) is 0.733. The van der Waals surface area contributed by atoms with E-state index in [1.165, 1.54) is 0 Å². The fourth-order valence-corrected chi connectivity index (χ4v) is 5.11. The van der Waals surface area contributed by atoms with Gasteiger partial charge in [-0.25, -0.2) is 18.4 Å². The maximum Gasteiger partial charge on any atom is 0.340 e. The summed E-state index contributed by atoms with van der Waals surface area (Å²) in [7, 11) is 0. The van der Waals surface area contributed by atoms with Gasteiger partial charge in [0.05, 0.1) is 13.2 Å². The van der Waals surface area contributed by atoms with Crippen LogP contribution in [0.25, 0.3) is 0 Å². The largest absolute Gasteiger partial charge is 0.493 e. The van der Waals surface area contributed by atoms with Gasteiger partial charge in [-0.3, -0.25) is 0 Å². The lowest BCUT2D eigenvalue weighted by atomic mass is 9.88. The maximum atomic E-state index is 13.7. The van der Waals surface area contributed by atoms with E-state index in [1.54, 1.807) is 0 Å². The molecule has 0 saturated heterocycles. The van der Waals surface area contributed by atoms with Crippen LogP contribution in [0, 0.1) is 11.8 Å². The lowest BCUT2D eigenvalue weighted by molar-refractivity contribution is -0.158. The molecule has 2 fully saturated rings. The van der Waals surface area contributed by atoms with E-state index in [4.69, 9.17) is 18.9 Å². The van der Waals surface area contributed by atoms with Crippen LogP contribution in [0.3, 0.4) is 0 Å². The van der Waals surface area contributed by atoms with Crippen LogP contribution >= 0.6 is 0 Å². The van der Waals surface area contributed by atoms with Crippen molar-refractivity contribution in [2.45, 2.75) is 115 Å². The van der Waals surface area contributed by atoms with E-state index in [2.05, 4.69) is 0 Å². The van der Waals surface area contributed by atoms with Crippen molar-refractivity contribution in [3.63, 3.8) is 0 Å². The molecule has 214 valence electrons. The molecule has 0 amide bonds. The molecule has 2 aliphatic rings. The summed E-state index contributed by atoms with van der Waals surface area (Å²) in [6.45, 7) is 4.89. The Morgan fingerprint density at radius 2 is 1.03 bits per heavy atom. The first-order chi connectivity index (χ1) is 18.4. The Bertz CT molecular complexity index is 763. The standard InChI is InChI=1S/C30H44F2O6/c1-3-5-27(31)29(33)37-25-11-7-21(8-12-25)19-35-23-15-17-24(18-16-23)36-20-22-9-13-26(14-10-22)38-30(34)28(32)6-4-2/h15-18,21-22,25-28H,3-14,19-20H2,1-2H3/t21-,22-,25-,26-,27-,28-/m0/s1. The molecule has 2 saturated carbocycles. The molecule has 8 heteroatoms. The summed E-state index contributed by atoms with van der Waals surface area (Å²) < 4.78 is 49.9. The number of esters is 2. The predicted octanol–water partition coefficient (Wildman–Crippen LogP) is 6.92. The van der Waals surface area contributed by atoms with Gasteiger partial charge in [-0.05, 0) is 100 Å². The van der Waals surface area contributed by atoms with Gasteiger partial charge < -0.3 is 18.9 Å². The third-order valence-electron chi connectivity index (χ3n) is 7.54. The predicted molar refractivity (Wildman–Crippen MR) is 141 cm³/mol. The number of hydrogen-bond donors (Lipinski definition) is 0.